The van der Waals surface area contributed by atoms with Crippen LogP contribution in [0, 0.1) is 5.82 Å². The van der Waals surface area contributed by atoms with Crippen LogP contribution in [0.15, 0.2) is 65.6 Å². The van der Waals surface area contributed by atoms with Gasteiger partial charge in [-0.05, 0) is 66.1 Å². The van der Waals surface area contributed by atoms with Crippen LogP contribution in [0.5, 0.6) is 11.5 Å². The molecule has 6 rings (SSSR count). The summed E-state index contributed by atoms with van der Waals surface area (Å²) in [5.41, 5.74) is 2.27. The van der Waals surface area contributed by atoms with Gasteiger partial charge in [-0.3, -0.25) is 9.59 Å². The normalized spacial score (nSPS) is 20.5. The Labute approximate surface area is 205 Å². The van der Waals surface area contributed by atoms with Crippen molar-refractivity contribution in [2.24, 2.45) is 0 Å². The van der Waals surface area contributed by atoms with E-state index in [0.717, 1.165) is 35.4 Å². The molecule has 2 N–H and O–H groups in total. The number of ether oxygens (including phenoxy) is 2. The molecule has 9 nitrogen and oxygen atoms in total. The van der Waals surface area contributed by atoms with Gasteiger partial charge in [-0.15, -0.1) is 0 Å². The highest BCUT2D eigenvalue weighted by Crippen LogP contribution is 2.38. The van der Waals surface area contributed by atoms with Crippen LogP contribution in [-0.4, -0.2) is 50.6 Å². The number of carbonyl (C=O) groups excluding carboxylic acids is 2. The summed E-state index contributed by atoms with van der Waals surface area (Å²) in [6, 6.07) is 13.6. The maximum Gasteiger partial charge on any atom is 0.256 e. The Hall–Kier alpha value is -3.96. The van der Waals surface area contributed by atoms with Crippen molar-refractivity contribution in [1.29, 1.82) is 0 Å². The number of rotatable bonds is 4. The molecule has 3 aliphatic rings. The van der Waals surface area contributed by atoms with E-state index in [4.69, 9.17) is 9.47 Å². The second-order valence-electron chi connectivity index (χ2n) is 8.80. The molecule has 0 radical (unpaired) electrons. The topological polar surface area (TPSA) is 114 Å². The molecule has 0 aliphatic carbocycles. The van der Waals surface area contributed by atoms with Crippen LogP contribution in [0.3, 0.4) is 0 Å². The minimum absolute atomic E-state index is 0.0189. The predicted octanol–water partition coefficient (Wildman–Crippen LogP) is 2.74. The molecule has 3 aromatic carbocycles. The highest BCUT2D eigenvalue weighted by atomic mass is 32.2. The van der Waals surface area contributed by atoms with Crippen LogP contribution >= 0.6 is 0 Å². The summed E-state index contributed by atoms with van der Waals surface area (Å²) in [7, 11) is -3.96. The fraction of sp³-hybridized carbons (Fsp3) is 0.200. The Bertz CT molecular complexity index is 1510. The average Bonchev–Trinajstić information content (AvgIpc) is 3.48. The third-order valence-corrected chi connectivity index (χ3v) is 8.06. The van der Waals surface area contributed by atoms with E-state index in [1.54, 1.807) is 24.3 Å². The monoisotopic (exact) mass is 509 g/mol. The Kier molecular flexibility index (Phi) is 5.20. The zero-order valence-electron chi connectivity index (χ0n) is 18.7. The number of nitrogens with one attached hydrogen (secondary N) is 2. The number of hydrogen-bond donors (Lipinski definition) is 2. The Morgan fingerprint density at radius 2 is 1.67 bits per heavy atom. The average molecular weight is 510 g/mol. The molecule has 36 heavy (non-hydrogen) atoms. The summed E-state index contributed by atoms with van der Waals surface area (Å²) in [6.45, 7) is 0.168. The van der Waals surface area contributed by atoms with Gasteiger partial charge in [0.25, 0.3) is 5.91 Å². The number of anilines is 1. The molecule has 2 unspecified atom stereocenters. The molecule has 0 aromatic heterocycles. The van der Waals surface area contributed by atoms with E-state index >= 15 is 0 Å². The third kappa shape index (κ3) is 3.86. The Morgan fingerprint density at radius 1 is 0.944 bits per heavy atom. The van der Waals surface area contributed by atoms with Crippen LogP contribution in [-0.2, 0) is 14.8 Å². The van der Waals surface area contributed by atoms with Gasteiger partial charge in [0.1, 0.15) is 11.9 Å². The third-order valence-electron chi connectivity index (χ3n) is 6.52. The lowest BCUT2D eigenvalue weighted by atomic mass is 10.0. The van der Waals surface area contributed by atoms with E-state index in [0.29, 0.717) is 22.7 Å². The van der Waals surface area contributed by atoms with Gasteiger partial charge in [0.15, 0.2) is 11.5 Å². The van der Waals surface area contributed by atoms with Crippen molar-refractivity contribution in [2.75, 3.05) is 18.7 Å². The van der Waals surface area contributed by atoms with E-state index in [1.165, 1.54) is 4.90 Å². The molecular formula is C25H20FN3O6S. The first-order valence-electron chi connectivity index (χ1n) is 11.2. The van der Waals surface area contributed by atoms with Crippen LogP contribution in [0.2, 0.25) is 0 Å². The number of carbonyl (C=O) groups is 2. The number of nitrogens with zero attached hydrogens (tertiary/aromatic N) is 1. The molecule has 2 atom stereocenters. The highest BCUT2D eigenvalue weighted by molar-refractivity contribution is 7.89. The van der Waals surface area contributed by atoms with Crippen molar-refractivity contribution < 1.29 is 31.9 Å². The summed E-state index contributed by atoms with van der Waals surface area (Å²) in [5.74, 6) is -0.0612. The highest BCUT2D eigenvalue weighted by Gasteiger charge is 2.44. The summed E-state index contributed by atoms with van der Waals surface area (Å²) in [4.78, 5) is 27.8. The van der Waals surface area contributed by atoms with Gasteiger partial charge in [0.05, 0.1) is 16.1 Å². The van der Waals surface area contributed by atoms with Gasteiger partial charge in [0, 0.05) is 12.6 Å². The molecule has 0 bridgehead atoms. The SMILES string of the molecule is O=C1Nc2ccc(-c3ccc4c(c3)OCO4)cc2C(=O)N2CC(NS(=O)(=O)c3ccc(F)cc3)CC12. The molecule has 3 aromatic rings. The fourth-order valence-corrected chi connectivity index (χ4v) is 5.99. The molecule has 0 spiro atoms. The Balaban J connectivity index is 1.27. The summed E-state index contributed by atoms with van der Waals surface area (Å²) >= 11 is 0. The van der Waals surface area contributed by atoms with Crippen LogP contribution in [0.25, 0.3) is 11.1 Å². The summed E-state index contributed by atoms with van der Waals surface area (Å²) in [6.07, 6.45) is 0.112. The van der Waals surface area contributed by atoms with Crippen LogP contribution in [0.4, 0.5) is 10.1 Å². The van der Waals surface area contributed by atoms with Crippen molar-refractivity contribution in [1.82, 2.24) is 9.62 Å². The van der Waals surface area contributed by atoms with Gasteiger partial charge in [0.2, 0.25) is 22.7 Å². The van der Waals surface area contributed by atoms with Gasteiger partial charge in [-0.25, -0.2) is 17.5 Å². The van der Waals surface area contributed by atoms with Gasteiger partial charge >= 0.3 is 0 Å². The van der Waals surface area contributed by atoms with Gasteiger partial charge in [-0.2, -0.15) is 0 Å². The lowest BCUT2D eigenvalue weighted by Crippen LogP contribution is -2.41. The van der Waals surface area contributed by atoms with Crippen molar-refractivity contribution in [3.05, 3.63) is 72.0 Å². The molecule has 0 saturated carbocycles. The first kappa shape index (κ1) is 22.5. The second-order valence-corrected chi connectivity index (χ2v) is 10.5. The van der Waals surface area contributed by atoms with Crippen molar-refractivity contribution >= 4 is 27.5 Å². The van der Waals surface area contributed by atoms with Crippen molar-refractivity contribution in [3.63, 3.8) is 0 Å². The van der Waals surface area contributed by atoms with E-state index in [9.17, 15) is 22.4 Å². The maximum absolute atomic E-state index is 13.5. The van der Waals surface area contributed by atoms with Gasteiger partial charge in [-0.1, -0.05) is 12.1 Å². The number of benzene rings is 3. The van der Waals surface area contributed by atoms with Crippen molar-refractivity contribution in [3.8, 4) is 22.6 Å². The van der Waals surface area contributed by atoms with Gasteiger partial charge < -0.3 is 19.7 Å². The molecular weight excluding hydrogens is 489 g/mol. The molecule has 3 aliphatic heterocycles. The molecule has 3 heterocycles. The quantitative estimate of drug-likeness (QED) is 0.559. The maximum atomic E-state index is 13.5. The molecule has 1 saturated heterocycles. The minimum Gasteiger partial charge on any atom is -0.454 e. The molecule has 184 valence electrons. The first-order chi connectivity index (χ1) is 17.3. The van der Waals surface area contributed by atoms with E-state index in [-0.39, 0.29) is 36.5 Å². The Morgan fingerprint density at radius 3 is 2.47 bits per heavy atom. The fourth-order valence-electron chi connectivity index (χ4n) is 4.75. The lowest BCUT2D eigenvalue weighted by Gasteiger charge is -2.20. The zero-order chi connectivity index (χ0) is 25.0. The molecule has 1 fully saturated rings. The van der Waals surface area contributed by atoms with E-state index in [2.05, 4.69) is 10.0 Å². The van der Waals surface area contributed by atoms with E-state index in [1.807, 2.05) is 12.1 Å². The smallest absolute Gasteiger partial charge is 0.256 e. The van der Waals surface area contributed by atoms with Crippen molar-refractivity contribution in [2.45, 2.75) is 23.4 Å². The standard InChI is InChI=1S/C25H20FN3O6S/c26-16-3-5-18(6-4-16)36(32,33)28-17-11-21-24(30)27-20-7-1-14(9-19(20)25(31)29(21)12-17)15-2-8-22-23(10-15)35-13-34-22/h1-10,17,21,28H,11-13H2,(H,27,30). The summed E-state index contributed by atoms with van der Waals surface area (Å²) < 4.78 is 52.1. The first-order valence-corrected chi connectivity index (χ1v) is 12.7. The number of fused-ring (bicyclic) bond motifs is 3. The molecule has 11 heteroatoms. The number of hydrogen-bond acceptors (Lipinski definition) is 6. The number of sulfonamides is 1. The molecule has 2 amide bonds. The second kappa shape index (κ2) is 8.32. The number of amides is 2. The van der Waals surface area contributed by atoms with E-state index < -0.39 is 27.9 Å². The van der Waals surface area contributed by atoms with Crippen LogP contribution < -0.4 is 19.5 Å². The number of halogens is 1. The predicted molar refractivity (Wildman–Crippen MR) is 127 cm³/mol. The zero-order valence-corrected chi connectivity index (χ0v) is 19.5. The lowest BCUT2D eigenvalue weighted by molar-refractivity contribution is -0.119. The summed E-state index contributed by atoms with van der Waals surface area (Å²) in [5, 5.41) is 2.80. The minimum atomic E-state index is -3.96. The van der Waals surface area contributed by atoms with Crippen LogP contribution in [0.1, 0.15) is 16.8 Å². The largest absolute Gasteiger partial charge is 0.454 e.